The Bertz CT molecular complexity index is 402. The van der Waals surface area contributed by atoms with E-state index in [0.29, 0.717) is 12.2 Å². The van der Waals surface area contributed by atoms with Crippen molar-refractivity contribution < 1.29 is 14.3 Å². The molecule has 0 heterocycles. The summed E-state index contributed by atoms with van der Waals surface area (Å²) in [5, 5.41) is 0. The Kier molecular flexibility index (Phi) is 5.48. The zero-order valence-corrected chi connectivity index (χ0v) is 12.0. The first-order chi connectivity index (χ1) is 8.19. The van der Waals surface area contributed by atoms with Crippen LogP contribution in [-0.2, 0) is 17.6 Å². The summed E-state index contributed by atoms with van der Waals surface area (Å²) in [5.41, 5.74) is 2.23. The van der Waals surface area contributed by atoms with Crippen molar-refractivity contribution in [1.29, 1.82) is 0 Å². The minimum atomic E-state index is 0.523. The Morgan fingerprint density at radius 1 is 1.29 bits per heavy atom. The van der Waals surface area contributed by atoms with Gasteiger partial charge in [-0.05, 0) is 40.4 Å². The highest BCUT2D eigenvalue weighted by atomic mass is 79.9. The minimum Gasteiger partial charge on any atom is -0.493 e. The molecule has 0 N–H and O–H groups in total. The first-order valence-corrected chi connectivity index (χ1v) is 6.34. The monoisotopic (exact) mass is 300 g/mol. The lowest BCUT2D eigenvalue weighted by atomic mass is 9.99. The van der Waals surface area contributed by atoms with E-state index in [4.69, 9.17) is 9.47 Å². The Balaban J connectivity index is 3.31. The van der Waals surface area contributed by atoms with E-state index in [1.54, 1.807) is 14.2 Å². The van der Waals surface area contributed by atoms with Crippen molar-refractivity contribution in [3.8, 4) is 11.5 Å². The third-order valence-corrected chi connectivity index (χ3v) is 3.27. The van der Waals surface area contributed by atoms with Gasteiger partial charge < -0.3 is 14.3 Å². The van der Waals surface area contributed by atoms with Crippen molar-refractivity contribution in [3.05, 3.63) is 21.7 Å². The molecule has 0 aromatic heterocycles. The average molecular weight is 301 g/mol. The van der Waals surface area contributed by atoms with Gasteiger partial charge in [-0.25, -0.2) is 0 Å². The number of hydrogen-bond acceptors (Lipinski definition) is 3. The summed E-state index contributed by atoms with van der Waals surface area (Å²) >= 11 is 3.46. The molecule has 0 amide bonds. The number of hydrogen-bond donors (Lipinski definition) is 0. The highest BCUT2D eigenvalue weighted by molar-refractivity contribution is 9.10. The second kappa shape index (κ2) is 6.64. The summed E-state index contributed by atoms with van der Waals surface area (Å²) in [6, 6.07) is 2.00. The number of rotatable bonds is 6. The molecule has 0 radical (unpaired) electrons. The fourth-order valence-electron chi connectivity index (χ4n) is 1.93. The normalized spacial score (nSPS) is 10.1. The maximum Gasteiger partial charge on any atom is 0.175 e. The van der Waals surface area contributed by atoms with Crippen LogP contribution < -0.4 is 9.47 Å². The van der Waals surface area contributed by atoms with E-state index >= 15 is 0 Å². The molecule has 0 saturated heterocycles. The summed E-state index contributed by atoms with van der Waals surface area (Å²) < 4.78 is 11.6. The quantitative estimate of drug-likeness (QED) is 0.757. The van der Waals surface area contributed by atoms with Crippen molar-refractivity contribution in [3.63, 3.8) is 0 Å². The number of ether oxygens (including phenoxy) is 2. The van der Waals surface area contributed by atoms with Gasteiger partial charge in [-0.15, -0.1) is 0 Å². The molecule has 17 heavy (non-hydrogen) atoms. The molecule has 0 unspecified atom stereocenters. The molecule has 0 aliphatic rings. The van der Waals surface area contributed by atoms with Crippen LogP contribution in [0.4, 0.5) is 0 Å². The van der Waals surface area contributed by atoms with Crippen LogP contribution in [-0.4, -0.2) is 20.5 Å². The van der Waals surface area contributed by atoms with E-state index in [-0.39, 0.29) is 0 Å². The van der Waals surface area contributed by atoms with E-state index in [9.17, 15) is 4.79 Å². The smallest absolute Gasteiger partial charge is 0.175 e. The number of benzene rings is 1. The van der Waals surface area contributed by atoms with E-state index in [2.05, 4.69) is 22.9 Å². The molecule has 0 aliphatic heterocycles. The van der Waals surface area contributed by atoms with Gasteiger partial charge in [0, 0.05) is 12.0 Å². The summed E-state index contributed by atoms with van der Waals surface area (Å²) in [6.45, 7) is 2.07. The van der Waals surface area contributed by atoms with Crippen LogP contribution in [0.25, 0.3) is 0 Å². The van der Waals surface area contributed by atoms with Gasteiger partial charge >= 0.3 is 0 Å². The maximum absolute atomic E-state index is 10.5. The number of aldehydes is 1. The topological polar surface area (TPSA) is 35.5 Å². The van der Waals surface area contributed by atoms with Crippen molar-refractivity contribution in [1.82, 2.24) is 0 Å². The third kappa shape index (κ3) is 3.00. The molecular weight excluding hydrogens is 284 g/mol. The zero-order valence-electron chi connectivity index (χ0n) is 10.4. The largest absolute Gasteiger partial charge is 0.493 e. The van der Waals surface area contributed by atoms with Crippen LogP contribution in [0, 0.1) is 0 Å². The highest BCUT2D eigenvalue weighted by Crippen LogP contribution is 2.40. The number of methoxy groups -OCH3 is 2. The third-order valence-electron chi connectivity index (χ3n) is 2.68. The average Bonchev–Trinajstić information content (AvgIpc) is 2.35. The summed E-state index contributed by atoms with van der Waals surface area (Å²) in [4.78, 5) is 10.5. The molecule has 0 atom stereocenters. The molecule has 0 saturated carbocycles. The number of aryl methyl sites for hydroxylation is 1. The lowest BCUT2D eigenvalue weighted by Gasteiger charge is -2.17. The Labute approximate surface area is 110 Å². The fourth-order valence-corrected chi connectivity index (χ4v) is 2.55. The highest BCUT2D eigenvalue weighted by Gasteiger charge is 2.17. The Morgan fingerprint density at radius 2 is 1.94 bits per heavy atom. The first kappa shape index (κ1) is 14.0. The summed E-state index contributed by atoms with van der Waals surface area (Å²) in [7, 11) is 3.25. The minimum absolute atomic E-state index is 0.523. The summed E-state index contributed by atoms with van der Waals surface area (Å²) in [6.07, 6.45) is 3.03. The molecule has 0 fully saturated rings. The standard InChI is InChI=1S/C13H17BrO3/c1-4-10-9(6-5-7-15)8-11(14)13(17-3)12(10)16-2/h7-8H,4-6H2,1-3H3. The molecule has 1 aromatic carbocycles. The molecule has 4 heteroatoms. The zero-order chi connectivity index (χ0) is 12.8. The molecule has 3 nitrogen and oxygen atoms in total. The van der Waals surface area contributed by atoms with Crippen LogP contribution in [0.1, 0.15) is 24.5 Å². The van der Waals surface area contributed by atoms with E-state index in [1.807, 2.05) is 6.07 Å². The number of carbonyl (C=O) groups is 1. The number of carbonyl (C=O) groups excluding carboxylic acids is 1. The number of halogens is 1. The van der Waals surface area contributed by atoms with Gasteiger partial charge in [0.15, 0.2) is 11.5 Å². The molecule has 0 aliphatic carbocycles. The van der Waals surface area contributed by atoms with Crippen LogP contribution >= 0.6 is 15.9 Å². The molecule has 1 rings (SSSR count). The van der Waals surface area contributed by atoms with Gasteiger partial charge in [-0.1, -0.05) is 6.92 Å². The molecule has 0 bridgehead atoms. The lowest BCUT2D eigenvalue weighted by molar-refractivity contribution is -0.107. The van der Waals surface area contributed by atoms with Gasteiger partial charge in [0.1, 0.15) is 6.29 Å². The van der Waals surface area contributed by atoms with E-state index in [0.717, 1.165) is 40.5 Å². The van der Waals surface area contributed by atoms with Gasteiger partial charge in [-0.2, -0.15) is 0 Å². The molecule has 1 aromatic rings. The van der Waals surface area contributed by atoms with Gasteiger partial charge in [0.25, 0.3) is 0 Å². The molecular formula is C13H17BrO3. The Morgan fingerprint density at radius 3 is 2.41 bits per heavy atom. The second-order valence-electron chi connectivity index (χ2n) is 3.62. The predicted molar refractivity (Wildman–Crippen MR) is 71.0 cm³/mol. The predicted octanol–water partition coefficient (Wildman–Crippen LogP) is 3.16. The van der Waals surface area contributed by atoms with Crippen molar-refractivity contribution in [2.75, 3.05) is 14.2 Å². The second-order valence-corrected chi connectivity index (χ2v) is 4.48. The fraction of sp³-hybridized carbons (Fsp3) is 0.462. The van der Waals surface area contributed by atoms with Crippen LogP contribution in [0.15, 0.2) is 10.5 Å². The summed E-state index contributed by atoms with van der Waals surface area (Å²) in [5.74, 6) is 1.46. The molecule has 94 valence electrons. The van der Waals surface area contributed by atoms with Gasteiger partial charge in [0.05, 0.1) is 18.7 Å². The van der Waals surface area contributed by atoms with Crippen LogP contribution in [0.3, 0.4) is 0 Å². The SMILES string of the molecule is CCc1c(CCC=O)cc(Br)c(OC)c1OC. The van der Waals surface area contributed by atoms with Crippen molar-refractivity contribution in [2.24, 2.45) is 0 Å². The van der Waals surface area contributed by atoms with Gasteiger partial charge in [0.2, 0.25) is 0 Å². The van der Waals surface area contributed by atoms with E-state index in [1.165, 1.54) is 0 Å². The van der Waals surface area contributed by atoms with Gasteiger partial charge in [-0.3, -0.25) is 0 Å². The van der Waals surface area contributed by atoms with Crippen molar-refractivity contribution >= 4 is 22.2 Å². The maximum atomic E-state index is 10.5. The molecule has 0 spiro atoms. The van der Waals surface area contributed by atoms with Crippen LogP contribution in [0.2, 0.25) is 0 Å². The first-order valence-electron chi connectivity index (χ1n) is 5.55. The lowest BCUT2D eigenvalue weighted by Crippen LogP contribution is -2.01. The van der Waals surface area contributed by atoms with E-state index < -0.39 is 0 Å². The Hall–Kier alpha value is -1.03. The van der Waals surface area contributed by atoms with Crippen molar-refractivity contribution in [2.45, 2.75) is 26.2 Å². The van der Waals surface area contributed by atoms with Crippen LogP contribution in [0.5, 0.6) is 11.5 Å².